The Morgan fingerprint density at radius 3 is 1.71 bits per heavy atom. The maximum Gasteiger partial charge on any atom is 0.0462 e. The zero-order chi connectivity index (χ0) is 31.9. The third-order valence-corrected chi connectivity index (χ3v) is 10.3. The van der Waals surface area contributed by atoms with E-state index in [1.165, 1.54) is 64.3 Å². The summed E-state index contributed by atoms with van der Waals surface area (Å²) in [5.41, 5.74) is 10.6. The van der Waals surface area contributed by atoms with E-state index in [4.69, 9.17) is 0 Å². The third-order valence-electron chi connectivity index (χ3n) is 9.19. The highest BCUT2D eigenvalue weighted by atomic mass is 32.1. The van der Waals surface area contributed by atoms with Gasteiger partial charge >= 0.3 is 0 Å². The predicted molar refractivity (Wildman–Crippen MR) is 206 cm³/mol. The molecule has 0 amide bonds. The van der Waals surface area contributed by atoms with E-state index in [2.05, 4.69) is 180 Å². The van der Waals surface area contributed by atoms with E-state index in [9.17, 15) is 0 Å². The molecule has 48 heavy (non-hydrogen) atoms. The van der Waals surface area contributed by atoms with Crippen molar-refractivity contribution in [3.05, 3.63) is 182 Å². The Balaban J connectivity index is 1.10. The van der Waals surface area contributed by atoms with Gasteiger partial charge in [0, 0.05) is 49.6 Å². The molecular weight excluding hydrogens is 601 g/mol. The second kappa shape index (κ2) is 12.0. The molecule has 9 aromatic rings. The van der Waals surface area contributed by atoms with Crippen LogP contribution in [-0.2, 0) is 0 Å². The van der Waals surface area contributed by atoms with Gasteiger partial charge in [0.05, 0.1) is 0 Å². The molecule has 0 spiro atoms. The first-order chi connectivity index (χ1) is 23.8. The van der Waals surface area contributed by atoms with Crippen LogP contribution in [0.15, 0.2) is 182 Å². The van der Waals surface area contributed by atoms with Crippen molar-refractivity contribution in [2.24, 2.45) is 0 Å². The predicted octanol–water partition coefficient (Wildman–Crippen LogP) is 13.1. The number of nitrogens with zero attached hydrogens (tertiary/aromatic N) is 2. The lowest BCUT2D eigenvalue weighted by atomic mass is 9.98. The van der Waals surface area contributed by atoms with Crippen LogP contribution in [0.1, 0.15) is 0 Å². The van der Waals surface area contributed by atoms with Gasteiger partial charge in [0.2, 0.25) is 0 Å². The first-order valence-corrected chi connectivity index (χ1v) is 17.0. The molecule has 0 aliphatic rings. The summed E-state index contributed by atoms with van der Waals surface area (Å²) < 4.78 is 2.55. The Labute approximate surface area is 283 Å². The zero-order valence-corrected chi connectivity index (χ0v) is 26.9. The fraction of sp³-hybridized carbons (Fsp3) is 0. The molecular formula is C45H30N2S. The zero-order valence-electron chi connectivity index (χ0n) is 26.1. The van der Waals surface area contributed by atoms with Gasteiger partial charge in [0.25, 0.3) is 0 Å². The van der Waals surface area contributed by atoms with Crippen LogP contribution in [-0.4, -0.2) is 4.98 Å². The van der Waals surface area contributed by atoms with E-state index in [0.29, 0.717) is 0 Å². The van der Waals surface area contributed by atoms with Crippen molar-refractivity contribution in [3.63, 3.8) is 0 Å². The van der Waals surface area contributed by atoms with Crippen molar-refractivity contribution >= 4 is 59.3 Å². The monoisotopic (exact) mass is 630 g/mol. The molecule has 2 aromatic heterocycles. The molecule has 0 fully saturated rings. The van der Waals surface area contributed by atoms with Gasteiger partial charge in [-0.15, -0.1) is 11.3 Å². The maximum atomic E-state index is 4.35. The van der Waals surface area contributed by atoms with Crippen molar-refractivity contribution in [2.45, 2.75) is 0 Å². The van der Waals surface area contributed by atoms with Gasteiger partial charge in [-0.25, -0.2) is 0 Å². The second-order valence-corrected chi connectivity index (χ2v) is 13.1. The van der Waals surface area contributed by atoms with Crippen molar-refractivity contribution in [3.8, 4) is 33.4 Å². The Hall–Kier alpha value is -6.03. The van der Waals surface area contributed by atoms with Gasteiger partial charge in [0.15, 0.2) is 0 Å². The van der Waals surface area contributed by atoms with Gasteiger partial charge in [-0.1, -0.05) is 121 Å². The van der Waals surface area contributed by atoms with Crippen LogP contribution in [0.2, 0.25) is 0 Å². The first-order valence-electron chi connectivity index (χ1n) is 16.2. The molecule has 0 radical (unpaired) electrons. The molecule has 0 aliphatic carbocycles. The van der Waals surface area contributed by atoms with Crippen molar-refractivity contribution in [1.29, 1.82) is 0 Å². The maximum absolute atomic E-state index is 4.35. The molecule has 0 unspecified atom stereocenters. The van der Waals surface area contributed by atoms with Crippen LogP contribution in [0.25, 0.3) is 64.3 Å². The van der Waals surface area contributed by atoms with Crippen molar-refractivity contribution < 1.29 is 0 Å². The smallest absolute Gasteiger partial charge is 0.0462 e. The Kier molecular flexibility index (Phi) is 7.03. The molecule has 2 nitrogen and oxygen atoms in total. The standard InChI is InChI=1S/C45H30N2S/c1-2-7-31(8-3-1)32-13-20-37(21-14-32)47(39-24-17-35(18-25-39)41-12-6-10-34-9-4-5-11-40(34)41)38-22-15-33(16-23-38)36-19-26-42-43-30-46-28-27-44(43)48-45(42)29-36/h1-30H. The molecule has 3 heteroatoms. The average Bonchev–Trinajstić information content (AvgIpc) is 3.54. The average molecular weight is 631 g/mol. The van der Waals surface area contributed by atoms with Gasteiger partial charge in [-0.05, 0) is 92.7 Å². The summed E-state index contributed by atoms with van der Waals surface area (Å²) in [5, 5.41) is 5.00. The number of thiophene rings is 1. The number of fused-ring (bicyclic) bond motifs is 4. The molecule has 7 aromatic carbocycles. The van der Waals surface area contributed by atoms with Crippen LogP contribution in [0.5, 0.6) is 0 Å². The van der Waals surface area contributed by atoms with Crippen molar-refractivity contribution in [1.82, 2.24) is 4.98 Å². The lowest BCUT2D eigenvalue weighted by Gasteiger charge is -2.26. The highest BCUT2D eigenvalue weighted by Gasteiger charge is 2.15. The summed E-state index contributed by atoms with van der Waals surface area (Å²) in [5.74, 6) is 0. The number of rotatable bonds is 6. The molecule has 9 rings (SSSR count). The molecule has 2 heterocycles. The van der Waals surface area contributed by atoms with E-state index in [1.54, 1.807) is 0 Å². The summed E-state index contributed by atoms with van der Waals surface area (Å²) in [4.78, 5) is 6.69. The highest BCUT2D eigenvalue weighted by molar-refractivity contribution is 7.25. The summed E-state index contributed by atoms with van der Waals surface area (Å²) in [6.07, 6.45) is 3.84. The quantitative estimate of drug-likeness (QED) is 0.182. The normalized spacial score (nSPS) is 11.3. The molecule has 0 N–H and O–H groups in total. The number of hydrogen-bond donors (Lipinski definition) is 0. The third kappa shape index (κ3) is 5.11. The van der Waals surface area contributed by atoms with E-state index in [1.807, 2.05) is 23.7 Å². The lowest BCUT2D eigenvalue weighted by molar-refractivity contribution is 1.28. The van der Waals surface area contributed by atoms with Gasteiger partial charge in [-0.3, -0.25) is 4.98 Å². The highest BCUT2D eigenvalue weighted by Crippen LogP contribution is 2.40. The lowest BCUT2D eigenvalue weighted by Crippen LogP contribution is -2.09. The SMILES string of the molecule is c1ccc(-c2ccc(N(c3ccc(-c4ccc5c(c4)sc4ccncc45)cc3)c3ccc(-c4cccc5ccccc45)cc3)cc2)cc1. The summed E-state index contributed by atoms with van der Waals surface area (Å²) >= 11 is 1.82. The van der Waals surface area contributed by atoms with E-state index in [0.717, 1.165) is 17.1 Å². The first kappa shape index (κ1) is 28.2. The minimum atomic E-state index is 1.11. The van der Waals surface area contributed by atoms with Gasteiger partial charge in [-0.2, -0.15) is 0 Å². The largest absolute Gasteiger partial charge is 0.311 e. The van der Waals surface area contributed by atoms with Gasteiger partial charge in [0.1, 0.15) is 0 Å². The van der Waals surface area contributed by atoms with Crippen LogP contribution in [0.4, 0.5) is 17.1 Å². The second-order valence-electron chi connectivity index (χ2n) is 12.1. The number of hydrogen-bond acceptors (Lipinski definition) is 3. The summed E-state index contributed by atoms with van der Waals surface area (Å²) in [6.45, 7) is 0. The number of pyridine rings is 1. The topological polar surface area (TPSA) is 16.1 Å². The molecule has 0 bridgehead atoms. The van der Waals surface area contributed by atoms with Crippen LogP contribution in [0.3, 0.4) is 0 Å². The van der Waals surface area contributed by atoms with Gasteiger partial charge < -0.3 is 4.90 Å². The summed E-state index contributed by atoms with van der Waals surface area (Å²) in [6, 6.07) is 61.3. The van der Waals surface area contributed by atoms with E-state index < -0.39 is 0 Å². The van der Waals surface area contributed by atoms with Crippen molar-refractivity contribution in [2.75, 3.05) is 4.90 Å². The molecule has 226 valence electrons. The molecule has 0 saturated carbocycles. The fourth-order valence-electron chi connectivity index (χ4n) is 6.75. The Bertz CT molecular complexity index is 2530. The molecule has 0 aliphatic heterocycles. The number of benzene rings is 7. The summed E-state index contributed by atoms with van der Waals surface area (Å²) in [7, 11) is 0. The van der Waals surface area contributed by atoms with Crippen LogP contribution < -0.4 is 4.90 Å². The number of anilines is 3. The van der Waals surface area contributed by atoms with Crippen LogP contribution >= 0.6 is 11.3 Å². The molecule has 0 atom stereocenters. The van der Waals surface area contributed by atoms with E-state index >= 15 is 0 Å². The van der Waals surface area contributed by atoms with E-state index in [-0.39, 0.29) is 0 Å². The van der Waals surface area contributed by atoms with Crippen LogP contribution in [0, 0.1) is 0 Å². The number of aromatic nitrogens is 1. The molecule has 0 saturated heterocycles. The Morgan fingerprint density at radius 2 is 0.979 bits per heavy atom. The minimum absolute atomic E-state index is 1.11. The minimum Gasteiger partial charge on any atom is -0.311 e. The Morgan fingerprint density at radius 1 is 0.396 bits per heavy atom. The fourth-order valence-corrected chi connectivity index (χ4v) is 7.86.